The van der Waals surface area contributed by atoms with Gasteiger partial charge >= 0.3 is 5.97 Å². The van der Waals surface area contributed by atoms with E-state index in [1.807, 2.05) is 66.2 Å². The minimum absolute atomic E-state index is 0.0338. The minimum atomic E-state index is -4.22. The average molecular weight is 587 g/mol. The summed E-state index contributed by atoms with van der Waals surface area (Å²) in [6.45, 7) is -0.905. The van der Waals surface area contributed by atoms with Crippen LogP contribution in [-0.4, -0.2) is 59.4 Å². The van der Waals surface area contributed by atoms with Crippen molar-refractivity contribution in [1.82, 2.24) is 8.87 Å². The van der Waals surface area contributed by atoms with Crippen LogP contribution in [0.15, 0.2) is 77.7 Å². The lowest BCUT2D eigenvalue weighted by molar-refractivity contribution is -0.146. The SMILES string of the molecule is Cn1c(-c2ccccc2)c(C(=O)COC(=O)[C@H]2C[C@H](O)CN2S(=O)(=O)c2ccc(Cl)c(Cl)c2)c2ccccc21. The number of aliphatic hydroxyl groups excluding tert-OH is 1. The van der Waals surface area contributed by atoms with Crippen LogP contribution in [0.4, 0.5) is 0 Å². The summed E-state index contributed by atoms with van der Waals surface area (Å²) in [5.41, 5.74) is 2.74. The summed E-state index contributed by atoms with van der Waals surface area (Å²) < 4.78 is 34.8. The fourth-order valence-corrected chi connectivity index (χ4v) is 6.97. The normalized spacial score (nSPS) is 17.9. The van der Waals surface area contributed by atoms with Crippen LogP contribution < -0.4 is 0 Å². The Morgan fingerprint density at radius 1 is 1.00 bits per heavy atom. The van der Waals surface area contributed by atoms with Gasteiger partial charge in [0.25, 0.3) is 0 Å². The molecule has 39 heavy (non-hydrogen) atoms. The van der Waals surface area contributed by atoms with Gasteiger partial charge in [-0.25, -0.2) is 8.42 Å². The molecule has 0 spiro atoms. The van der Waals surface area contributed by atoms with E-state index in [-0.39, 0.29) is 27.9 Å². The van der Waals surface area contributed by atoms with E-state index in [1.54, 1.807) is 0 Å². The molecule has 0 amide bonds. The molecule has 5 rings (SSSR count). The molecule has 0 radical (unpaired) electrons. The molecule has 2 heterocycles. The third-order valence-electron chi connectivity index (χ3n) is 6.78. The van der Waals surface area contributed by atoms with Crippen molar-refractivity contribution in [3.05, 3.63) is 88.4 Å². The van der Waals surface area contributed by atoms with Crippen molar-refractivity contribution in [2.24, 2.45) is 7.05 Å². The number of aryl methyl sites for hydroxylation is 1. The number of aromatic nitrogens is 1. The molecule has 0 bridgehead atoms. The summed E-state index contributed by atoms with van der Waals surface area (Å²) in [4.78, 5) is 26.5. The number of esters is 1. The van der Waals surface area contributed by atoms with Crippen molar-refractivity contribution in [1.29, 1.82) is 0 Å². The predicted molar refractivity (Wildman–Crippen MR) is 148 cm³/mol. The molecule has 1 aliphatic heterocycles. The molecule has 3 aromatic carbocycles. The van der Waals surface area contributed by atoms with Crippen LogP contribution in [0.3, 0.4) is 0 Å². The number of rotatable bonds is 7. The van der Waals surface area contributed by atoms with E-state index in [4.69, 9.17) is 27.9 Å². The van der Waals surface area contributed by atoms with Crippen molar-refractivity contribution in [3.63, 3.8) is 0 Å². The van der Waals surface area contributed by atoms with Crippen LogP contribution in [0.5, 0.6) is 0 Å². The van der Waals surface area contributed by atoms with Gasteiger partial charge in [0.2, 0.25) is 15.8 Å². The number of ether oxygens (including phenoxy) is 1. The van der Waals surface area contributed by atoms with Crippen LogP contribution >= 0.6 is 23.2 Å². The molecule has 1 fully saturated rings. The molecule has 1 saturated heterocycles. The molecule has 8 nitrogen and oxygen atoms in total. The number of para-hydroxylation sites is 1. The third-order valence-corrected chi connectivity index (χ3v) is 9.39. The number of sulfonamides is 1. The highest BCUT2D eigenvalue weighted by Gasteiger charge is 2.44. The molecule has 0 aliphatic carbocycles. The maximum Gasteiger partial charge on any atom is 0.325 e. The number of carbonyl (C=O) groups excluding carboxylic acids is 2. The Balaban J connectivity index is 1.41. The Morgan fingerprint density at radius 2 is 1.69 bits per heavy atom. The van der Waals surface area contributed by atoms with E-state index < -0.39 is 40.5 Å². The van der Waals surface area contributed by atoms with Crippen molar-refractivity contribution in [2.45, 2.75) is 23.5 Å². The highest BCUT2D eigenvalue weighted by atomic mass is 35.5. The number of β-amino-alcohol motifs (C(OH)–C–C–N with tert-alkyl or cyclic N) is 1. The topological polar surface area (TPSA) is 106 Å². The highest BCUT2D eigenvalue weighted by molar-refractivity contribution is 7.89. The maximum absolute atomic E-state index is 13.5. The summed E-state index contributed by atoms with van der Waals surface area (Å²) >= 11 is 11.9. The van der Waals surface area contributed by atoms with Crippen LogP contribution in [0, 0.1) is 0 Å². The second-order valence-corrected chi connectivity index (χ2v) is 12.0. The van der Waals surface area contributed by atoms with Crippen molar-refractivity contribution in [3.8, 4) is 11.3 Å². The molecular weight excluding hydrogens is 563 g/mol. The van der Waals surface area contributed by atoms with Crippen LogP contribution in [0.25, 0.3) is 22.2 Å². The molecule has 1 N–H and O–H groups in total. The van der Waals surface area contributed by atoms with Gasteiger partial charge in [-0.3, -0.25) is 9.59 Å². The Labute approximate surface area is 235 Å². The minimum Gasteiger partial charge on any atom is -0.456 e. The number of hydrogen-bond donors (Lipinski definition) is 1. The summed E-state index contributed by atoms with van der Waals surface area (Å²) in [6, 6.07) is 19.3. The van der Waals surface area contributed by atoms with E-state index >= 15 is 0 Å². The first kappa shape index (κ1) is 27.4. The molecule has 0 unspecified atom stereocenters. The molecule has 2 atom stereocenters. The van der Waals surface area contributed by atoms with Crippen molar-refractivity contribution in [2.75, 3.05) is 13.2 Å². The molecule has 4 aromatic rings. The van der Waals surface area contributed by atoms with E-state index in [1.165, 1.54) is 18.2 Å². The van der Waals surface area contributed by atoms with Gasteiger partial charge < -0.3 is 14.4 Å². The summed E-state index contributed by atoms with van der Waals surface area (Å²) in [6.07, 6.45) is -1.25. The maximum atomic E-state index is 13.5. The highest BCUT2D eigenvalue weighted by Crippen LogP contribution is 2.34. The lowest BCUT2D eigenvalue weighted by atomic mass is 10.0. The number of Topliss-reactive ketones (excluding diaryl/α,β-unsaturated/α-hetero) is 1. The number of fused-ring (bicyclic) bond motifs is 1. The van der Waals surface area contributed by atoms with Crippen molar-refractivity contribution < 1.29 is 27.9 Å². The number of carbonyl (C=O) groups is 2. The van der Waals surface area contributed by atoms with Gasteiger partial charge in [-0.2, -0.15) is 4.31 Å². The Hall–Kier alpha value is -3.21. The second kappa shape index (κ2) is 10.7. The molecule has 0 saturated carbocycles. The quantitative estimate of drug-likeness (QED) is 0.248. The first-order chi connectivity index (χ1) is 18.6. The van der Waals surface area contributed by atoms with Crippen LogP contribution in [0.1, 0.15) is 16.8 Å². The van der Waals surface area contributed by atoms with Gasteiger partial charge in [-0.1, -0.05) is 71.7 Å². The van der Waals surface area contributed by atoms with Gasteiger partial charge in [-0.05, 0) is 29.8 Å². The number of hydrogen-bond acceptors (Lipinski definition) is 6. The van der Waals surface area contributed by atoms with Gasteiger partial charge in [0.15, 0.2) is 6.61 Å². The number of ketones is 1. The fourth-order valence-electron chi connectivity index (χ4n) is 4.95. The second-order valence-electron chi connectivity index (χ2n) is 9.25. The van der Waals surface area contributed by atoms with E-state index in [0.29, 0.717) is 16.6 Å². The average Bonchev–Trinajstić information content (AvgIpc) is 3.47. The summed E-state index contributed by atoms with van der Waals surface area (Å²) in [5.74, 6) is -1.36. The van der Waals surface area contributed by atoms with Gasteiger partial charge in [-0.15, -0.1) is 0 Å². The monoisotopic (exact) mass is 586 g/mol. The number of halogens is 2. The smallest absolute Gasteiger partial charge is 0.325 e. The lowest BCUT2D eigenvalue weighted by Crippen LogP contribution is -2.41. The lowest BCUT2D eigenvalue weighted by Gasteiger charge is -2.22. The van der Waals surface area contributed by atoms with E-state index in [0.717, 1.165) is 15.4 Å². The number of benzene rings is 3. The Morgan fingerprint density at radius 3 is 2.41 bits per heavy atom. The zero-order valence-electron chi connectivity index (χ0n) is 20.8. The van der Waals surface area contributed by atoms with Gasteiger partial charge in [0.1, 0.15) is 6.04 Å². The summed E-state index contributed by atoms with van der Waals surface area (Å²) in [7, 11) is -2.36. The van der Waals surface area contributed by atoms with Crippen LogP contribution in [-0.2, 0) is 26.6 Å². The molecule has 1 aliphatic rings. The summed E-state index contributed by atoms with van der Waals surface area (Å²) in [5, 5.41) is 11.2. The molecule has 1 aromatic heterocycles. The first-order valence-electron chi connectivity index (χ1n) is 12.1. The largest absolute Gasteiger partial charge is 0.456 e. The van der Waals surface area contributed by atoms with Crippen LogP contribution in [0.2, 0.25) is 10.0 Å². The predicted octanol–water partition coefficient (Wildman–Crippen LogP) is 4.70. The standard InChI is InChI=1S/C28H24Cl2N2O6S/c1-31-23-10-6-5-9-20(23)26(27(31)17-7-3-2-4-8-17)25(34)16-38-28(35)24-13-18(33)15-32(24)39(36,37)19-11-12-21(29)22(30)14-19/h2-12,14,18,24,33H,13,15-16H2,1H3/t18-,24+/m0/s1. The van der Waals surface area contributed by atoms with Gasteiger partial charge in [0.05, 0.1) is 32.3 Å². The zero-order valence-corrected chi connectivity index (χ0v) is 23.1. The van der Waals surface area contributed by atoms with Gasteiger partial charge in [0, 0.05) is 30.9 Å². The zero-order chi connectivity index (χ0) is 27.9. The Kier molecular flexibility index (Phi) is 7.54. The number of aliphatic hydroxyl groups is 1. The Bertz CT molecular complexity index is 1690. The third kappa shape index (κ3) is 5.08. The fraction of sp³-hybridized carbons (Fsp3) is 0.214. The van der Waals surface area contributed by atoms with E-state index in [2.05, 4.69) is 0 Å². The van der Waals surface area contributed by atoms with Crippen molar-refractivity contribution >= 4 is 55.9 Å². The molecule has 11 heteroatoms. The number of nitrogens with zero attached hydrogens (tertiary/aromatic N) is 2. The first-order valence-corrected chi connectivity index (χ1v) is 14.3. The molecule has 202 valence electrons. The molecular formula is C28H24Cl2N2O6S. The van der Waals surface area contributed by atoms with E-state index in [9.17, 15) is 23.1 Å².